The Balaban J connectivity index is 1.35. The first-order valence-corrected chi connectivity index (χ1v) is 9.71. The van der Waals surface area contributed by atoms with Crippen molar-refractivity contribution in [1.29, 1.82) is 0 Å². The van der Waals surface area contributed by atoms with Crippen molar-refractivity contribution in [3.63, 3.8) is 0 Å². The van der Waals surface area contributed by atoms with Crippen molar-refractivity contribution in [2.24, 2.45) is 0 Å². The fourth-order valence-corrected chi connectivity index (χ4v) is 3.76. The zero-order valence-corrected chi connectivity index (χ0v) is 16.6. The summed E-state index contributed by atoms with van der Waals surface area (Å²) in [7, 11) is 0. The normalized spacial score (nSPS) is 11.8. The zero-order chi connectivity index (χ0) is 19.3. The van der Waals surface area contributed by atoms with Crippen LogP contribution in [0.15, 0.2) is 71.5 Å². The van der Waals surface area contributed by atoms with E-state index in [-0.39, 0.29) is 12.5 Å². The molecule has 0 bridgehead atoms. The SMILES string of the molecule is O=C(NCC#Cc1ccnc(Br)c1)OCC1c2ccccc2-c2ccccc21. The summed E-state index contributed by atoms with van der Waals surface area (Å²) in [5.74, 6) is 5.94. The van der Waals surface area contributed by atoms with Crippen LogP contribution in [0.3, 0.4) is 0 Å². The molecule has 0 fully saturated rings. The van der Waals surface area contributed by atoms with Gasteiger partial charge in [0.2, 0.25) is 0 Å². The Labute approximate surface area is 172 Å². The summed E-state index contributed by atoms with van der Waals surface area (Å²) in [6.45, 7) is 0.515. The third kappa shape index (κ3) is 3.92. The molecule has 0 saturated heterocycles. The van der Waals surface area contributed by atoms with Crippen LogP contribution in [0.5, 0.6) is 0 Å². The molecule has 28 heavy (non-hydrogen) atoms. The van der Waals surface area contributed by atoms with Crippen molar-refractivity contribution < 1.29 is 9.53 Å². The Kier molecular flexibility index (Phi) is 5.41. The van der Waals surface area contributed by atoms with Gasteiger partial charge < -0.3 is 10.1 Å². The van der Waals surface area contributed by atoms with E-state index < -0.39 is 6.09 Å². The Morgan fingerprint density at radius 3 is 2.43 bits per heavy atom. The lowest BCUT2D eigenvalue weighted by molar-refractivity contribution is 0.144. The summed E-state index contributed by atoms with van der Waals surface area (Å²) in [4.78, 5) is 16.1. The van der Waals surface area contributed by atoms with E-state index in [1.54, 1.807) is 6.20 Å². The molecule has 1 aliphatic carbocycles. The first-order chi connectivity index (χ1) is 13.7. The molecule has 138 valence electrons. The van der Waals surface area contributed by atoms with Gasteiger partial charge >= 0.3 is 6.09 Å². The van der Waals surface area contributed by atoms with Gasteiger partial charge in [-0.2, -0.15) is 0 Å². The summed E-state index contributed by atoms with van der Waals surface area (Å²) in [5.41, 5.74) is 5.64. The highest BCUT2D eigenvalue weighted by Crippen LogP contribution is 2.44. The van der Waals surface area contributed by atoms with Crippen LogP contribution in [0.4, 0.5) is 4.79 Å². The molecule has 1 aromatic heterocycles. The molecule has 4 nitrogen and oxygen atoms in total. The molecular weight excluding hydrogens is 416 g/mol. The summed E-state index contributed by atoms with van der Waals surface area (Å²) in [6, 6.07) is 20.2. The molecule has 0 spiro atoms. The number of alkyl carbamates (subject to hydrolysis) is 1. The number of hydrogen-bond acceptors (Lipinski definition) is 3. The lowest BCUT2D eigenvalue weighted by Gasteiger charge is -2.14. The third-order valence-corrected chi connectivity index (χ3v) is 5.06. The van der Waals surface area contributed by atoms with Gasteiger partial charge in [-0.25, -0.2) is 9.78 Å². The fraction of sp³-hybridized carbons (Fsp3) is 0.130. The molecule has 1 amide bonds. The summed E-state index contributed by atoms with van der Waals surface area (Å²) in [5, 5.41) is 2.68. The van der Waals surface area contributed by atoms with Crippen LogP contribution in [-0.4, -0.2) is 24.2 Å². The first-order valence-electron chi connectivity index (χ1n) is 8.91. The number of amides is 1. The number of halogens is 1. The number of carbonyl (C=O) groups excluding carboxylic acids is 1. The van der Waals surface area contributed by atoms with Gasteiger partial charge in [0.15, 0.2) is 0 Å². The van der Waals surface area contributed by atoms with Crippen LogP contribution in [-0.2, 0) is 4.74 Å². The first kappa shape index (κ1) is 18.3. The van der Waals surface area contributed by atoms with E-state index in [2.05, 4.69) is 62.3 Å². The van der Waals surface area contributed by atoms with Crippen molar-refractivity contribution in [2.45, 2.75) is 5.92 Å². The summed E-state index contributed by atoms with van der Waals surface area (Å²) < 4.78 is 6.20. The largest absolute Gasteiger partial charge is 0.449 e. The number of aromatic nitrogens is 1. The number of nitrogens with zero attached hydrogens (tertiary/aromatic N) is 1. The van der Waals surface area contributed by atoms with Crippen LogP contribution in [0.2, 0.25) is 0 Å². The number of carbonyl (C=O) groups is 1. The van der Waals surface area contributed by atoms with Crippen LogP contribution < -0.4 is 5.32 Å². The van der Waals surface area contributed by atoms with E-state index in [4.69, 9.17) is 4.74 Å². The maximum Gasteiger partial charge on any atom is 0.407 e. The van der Waals surface area contributed by atoms with E-state index in [0.29, 0.717) is 6.61 Å². The Bertz CT molecular complexity index is 1040. The Morgan fingerprint density at radius 1 is 1.07 bits per heavy atom. The number of ether oxygens (including phenoxy) is 1. The minimum atomic E-state index is -0.466. The Hall–Kier alpha value is -3.10. The summed E-state index contributed by atoms with van der Waals surface area (Å²) >= 11 is 3.30. The van der Waals surface area contributed by atoms with Crippen LogP contribution in [0, 0.1) is 11.8 Å². The highest BCUT2D eigenvalue weighted by Gasteiger charge is 2.28. The second-order valence-electron chi connectivity index (χ2n) is 6.35. The fourth-order valence-electron chi connectivity index (χ4n) is 3.39. The lowest BCUT2D eigenvalue weighted by Crippen LogP contribution is -2.26. The highest BCUT2D eigenvalue weighted by molar-refractivity contribution is 9.10. The number of benzene rings is 2. The molecule has 1 heterocycles. The average molecular weight is 433 g/mol. The van der Waals surface area contributed by atoms with E-state index in [1.165, 1.54) is 22.3 Å². The molecule has 0 atom stereocenters. The predicted octanol–water partition coefficient (Wildman–Crippen LogP) is 4.73. The molecule has 1 aliphatic rings. The van der Waals surface area contributed by atoms with Crippen molar-refractivity contribution in [3.8, 4) is 23.0 Å². The molecular formula is C23H17BrN2O2. The average Bonchev–Trinajstić information content (AvgIpc) is 3.04. The molecule has 2 aromatic carbocycles. The van der Waals surface area contributed by atoms with Gasteiger partial charge in [-0.1, -0.05) is 60.4 Å². The maximum absolute atomic E-state index is 12.1. The molecule has 3 aromatic rings. The molecule has 1 N–H and O–H groups in total. The number of hydrogen-bond donors (Lipinski definition) is 1. The second-order valence-corrected chi connectivity index (χ2v) is 7.16. The maximum atomic E-state index is 12.1. The number of fused-ring (bicyclic) bond motifs is 3. The lowest BCUT2D eigenvalue weighted by atomic mass is 9.98. The molecule has 4 rings (SSSR count). The van der Waals surface area contributed by atoms with Crippen LogP contribution in [0.25, 0.3) is 11.1 Å². The van der Waals surface area contributed by atoms with Gasteiger partial charge in [0.1, 0.15) is 11.2 Å². The van der Waals surface area contributed by atoms with Gasteiger partial charge in [-0.15, -0.1) is 0 Å². The smallest absolute Gasteiger partial charge is 0.407 e. The van der Waals surface area contributed by atoms with Gasteiger partial charge in [0.05, 0.1) is 6.54 Å². The number of rotatable bonds is 3. The minimum Gasteiger partial charge on any atom is -0.449 e. The van der Waals surface area contributed by atoms with Crippen molar-refractivity contribution in [2.75, 3.05) is 13.2 Å². The van der Waals surface area contributed by atoms with E-state index >= 15 is 0 Å². The number of pyridine rings is 1. The van der Waals surface area contributed by atoms with Gasteiger partial charge in [0.25, 0.3) is 0 Å². The molecule has 5 heteroatoms. The standard InChI is InChI=1S/C23H17BrN2O2/c24-22-14-16(11-13-25-22)6-5-12-26-23(27)28-15-21-19-9-3-1-7-17(19)18-8-2-4-10-20(18)21/h1-4,7-11,13-14,21H,12,15H2,(H,26,27). The quantitative estimate of drug-likeness (QED) is 0.480. The van der Waals surface area contributed by atoms with E-state index in [9.17, 15) is 4.79 Å². The predicted molar refractivity (Wildman–Crippen MR) is 112 cm³/mol. The van der Waals surface area contributed by atoms with E-state index in [1.807, 2.05) is 36.4 Å². The van der Waals surface area contributed by atoms with Crippen molar-refractivity contribution in [1.82, 2.24) is 10.3 Å². The Morgan fingerprint density at radius 2 is 1.75 bits per heavy atom. The molecule has 0 saturated carbocycles. The van der Waals surface area contributed by atoms with Crippen LogP contribution >= 0.6 is 15.9 Å². The monoisotopic (exact) mass is 432 g/mol. The molecule has 0 unspecified atom stereocenters. The summed E-state index contributed by atoms with van der Waals surface area (Å²) in [6.07, 6.45) is 1.21. The topological polar surface area (TPSA) is 51.2 Å². The third-order valence-electron chi connectivity index (χ3n) is 4.62. The van der Waals surface area contributed by atoms with Gasteiger partial charge in [-0.05, 0) is 50.3 Å². The zero-order valence-electron chi connectivity index (χ0n) is 15.0. The highest BCUT2D eigenvalue weighted by atomic mass is 79.9. The molecule has 0 radical (unpaired) electrons. The minimum absolute atomic E-state index is 0.0541. The number of nitrogens with one attached hydrogen (secondary N) is 1. The van der Waals surface area contributed by atoms with E-state index in [0.717, 1.165) is 10.2 Å². The molecule has 0 aliphatic heterocycles. The van der Waals surface area contributed by atoms with Gasteiger partial charge in [0, 0.05) is 17.7 Å². The van der Waals surface area contributed by atoms with Crippen molar-refractivity contribution >= 4 is 22.0 Å². The van der Waals surface area contributed by atoms with Gasteiger partial charge in [-0.3, -0.25) is 0 Å². The van der Waals surface area contributed by atoms with Crippen LogP contribution in [0.1, 0.15) is 22.6 Å². The van der Waals surface area contributed by atoms with Crippen molar-refractivity contribution in [3.05, 3.63) is 88.2 Å². The second kappa shape index (κ2) is 8.28.